The Morgan fingerprint density at radius 3 is 3.00 bits per heavy atom. The Bertz CT molecular complexity index is 436. The van der Waals surface area contributed by atoms with Crippen LogP contribution in [-0.4, -0.2) is 20.6 Å². The largest absolute Gasteiger partial charge is 0.399 e. The van der Waals surface area contributed by atoms with Gasteiger partial charge >= 0.3 is 0 Å². The van der Waals surface area contributed by atoms with E-state index in [0.717, 1.165) is 16.9 Å². The Hall–Kier alpha value is -2.11. The van der Waals surface area contributed by atoms with Gasteiger partial charge in [0, 0.05) is 11.4 Å². The monoisotopic (exact) mass is 204 g/mol. The van der Waals surface area contributed by atoms with Crippen molar-refractivity contribution in [2.45, 2.75) is 13.5 Å². The molecule has 0 atom stereocenters. The lowest BCUT2D eigenvalue weighted by Crippen LogP contribution is -2.03. The van der Waals surface area contributed by atoms with Gasteiger partial charge in [-0.3, -0.25) is 0 Å². The predicted molar refractivity (Wildman–Crippen MR) is 57.1 cm³/mol. The van der Waals surface area contributed by atoms with Crippen molar-refractivity contribution in [2.24, 2.45) is 0 Å². The molecule has 0 aliphatic carbocycles. The first-order chi connectivity index (χ1) is 7.25. The van der Waals surface area contributed by atoms with Crippen LogP contribution in [0.4, 0.5) is 11.4 Å². The third-order valence-electron chi connectivity index (χ3n) is 2.08. The number of anilines is 2. The highest BCUT2D eigenvalue weighted by Crippen LogP contribution is 2.17. The molecule has 0 spiro atoms. The molecule has 0 aliphatic heterocycles. The van der Waals surface area contributed by atoms with Crippen molar-refractivity contribution >= 4 is 11.4 Å². The van der Waals surface area contributed by atoms with Crippen molar-refractivity contribution in [3.8, 4) is 0 Å². The van der Waals surface area contributed by atoms with Gasteiger partial charge in [0.2, 0.25) is 0 Å². The summed E-state index contributed by atoms with van der Waals surface area (Å²) in [7, 11) is 0. The van der Waals surface area contributed by atoms with Crippen LogP contribution >= 0.6 is 0 Å². The second-order valence-electron chi connectivity index (χ2n) is 3.26. The third kappa shape index (κ3) is 2.22. The van der Waals surface area contributed by atoms with Gasteiger partial charge in [0.25, 0.3) is 0 Å². The fourth-order valence-electron chi connectivity index (χ4n) is 1.32. The van der Waals surface area contributed by atoms with E-state index in [1.165, 1.54) is 0 Å². The number of rotatable bonds is 3. The Morgan fingerprint density at radius 1 is 1.47 bits per heavy atom. The number of tetrazole rings is 1. The molecule has 0 unspecified atom stereocenters. The minimum atomic E-state index is 0.543. The van der Waals surface area contributed by atoms with Crippen molar-refractivity contribution in [3.05, 3.63) is 29.6 Å². The number of hydrogen-bond donors (Lipinski definition) is 3. The van der Waals surface area contributed by atoms with Crippen molar-refractivity contribution in [1.29, 1.82) is 0 Å². The molecule has 0 fully saturated rings. The van der Waals surface area contributed by atoms with Crippen LogP contribution in [-0.2, 0) is 6.54 Å². The van der Waals surface area contributed by atoms with E-state index in [1.54, 1.807) is 0 Å². The van der Waals surface area contributed by atoms with E-state index < -0.39 is 0 Å². The van der Waals surface area contributed by atoms with Gasteiger partial charge in [-0.15, -0.1) is 10.2 Å². The molecule has 6 heteroatoms. The maximum Gasteiger partial charge on any atom is 0.193 e. The molecule has 1 aromatic carbocycles. The predicted octanol–water partition coefficient (Wildman–Crippen LogP) is 0.702. The highest BCUT2D eigenvalue weighted by Gasteiger charge is 2.00. The van der Waals surface area contributed by atoms with Gasteiger partial charge in [0.15, 0.2) is 5.82 Å². The van der Waals surface area contributed by atoms with E-state index in [9.17, 15) is 0 Å². The van der Waals surface area contributed by atoms with Gasteiger partial charge in [0.05, 0.1) is 6.54 Å². The van der Waals surface area contributed by atoms with E-state index in [1.807, 2.05) is 25.1 Å². The molecule has 0 saturated heterocycles. The summed E-state index contributed by atoms with van der Waals surface area (Å²) in [6.45, 7) is 2.54. The molecule has 0 saturated carbocycles. The van der Waals surface area contributed by atoms with Crippen LogP contribution in [0.2, 0.25) is 0 Å². The van der Waals surface area contributed by atoms with Crippen molar-refractivity contribution in [3.63, 3.8) is 0 Å². The lowest BCUT2D eigenvalue weighted by atomic mass is 10.2. The summed E-state index contributed by atoms with van der Waals surface area (Å²) in [6.07, 6.45) is 0. The summed E-state index contributed by atoms with van der Waals surface area (Å²) < 4.78 is 0. The highest BCUT2D eigenvalue weighted by molar-refractivity contribution is 5.57. The number of benzene rings is 1. The van der Waals surface area contributed by atoms with Gasteiger partial charge in [-0.25, -0.2) is 0 Å². The lowest BCUT2D eigenvalue weighted by molar-refractivity contribution is 0.881. The second-order valence-corrected chi connectivity index (χ2v) is 3.26. The fraction of sp³-hybridized carbons (Fsp3) is 0.222. The summed E-state index contributed by atoms with van der Waals surface area (Å²) in [5.74, 6) is 0.631. The molecule has 4 N–H and O–H groups in total. The minimum Gasteiger partial charge on any atom is -0.399 e. The third-order valence-corrected chi connectivity index (χ3v) is 2.08. The molecule has 1 heterocycles. The minimum absolute atomic E-state index is 0.543. The average Bonchev–Trinajstić information content (AvgIpc) is 2.69. The molecular weight excluding hydrogens is 192 g/mol. The maximum atomic E-state index is 5.65. The van der Waals surface area contributed by atoms with Gasteiger partial charge in [-0.1, -0.05) is 5.21 Å². The lowest BCUT2D eigenvalue weighted by Gasteiger charge is -2.07. The molecule has 0 amide bonds. The smallest absolute Gasteiger partial charge is 0.193 e. The number of H-pyrrole nitrogens is 1. The van der Waals surface area contributed by atoms with Gasteiger partial charge < -0.3 is 11.1 Å². The molecule has 2 rings (SSSR count). The first-order valence-corrected chi connectivity index (χ1v) is 4.58. The molecule has 6 nitrogen and oxygen atoms in total. The van der Waals surface area contributed by atoms with Crippen LogP contribution in [0.15, 0.2) is 18.2 Å². The molecule has 1 aromatic heterocycles. The number of aromatic amines is 1. The number of nitrogens with two attached hydrogens (primary N) is 1. The average molecular weight is 204 g/mol. The number of nitrogens with zero attached hydrogens (tertiary/aromatic N) is 3. The fourth-order valence-corrected chi connectivity index (χ4v) is 1.32. The highest BCUT2D eigenvalue weighted by atomic mass is 15.5. The zero-order valence-electron chi connectivity index (χ0n) is 8.36. The maximum absolute atomic E-state index is 5.65. The number of aromatic nitrogens is 4. The van der Waals surface area contributed by atoms with Gasteiger partial charge in [-0.05, 0) is 30.7 Å². The summed E-state index contributed by atoms with van der Waals surface area (Å²) in [5.41, 5.74) is 8.53. The molecular formula is C9H12N6. The topological polar surface area (TPSA) is 92.5 Å². The normalized spacial score (nSPS) is 10.2. The number of hydrogen-bond acceptors (Lipinski definition) is 5. The van der Waals surface area contributed by atoms with Crippen LogP contribution in [0.3, 0.4) is 0 Å². The quantitative estimate of drug-likeness (QED) is 0.640. The van der Waals surface area contributed by atoms with E-state index in [0.29, 0.717) is 12.4 Å². The summed E-state index contributed by atoms with van der Waals surface area (Å²) in [4.78, 5) is 0. The van der Waals surface area contributed by atoms with Crippen molar-refractivity contribution in [2.75, 3.05) is 11.1 Å². The SMILES string of the molecule is Cc1cc(N)ccc1NCc1nn[nH]n1. The summed E-state index contributed by atoms with van der Waals surface area (Å²) in [6, 6.07) is 5.70. The van der Waals surface area contributed by atoms with E-state index in [2.05, 4.69) is 25.9 Å². The molecule has 15 heavy (non-hydrogen) atoms. The Balaban J connectivity index is 2.05. The number of nitrogens with one attached hydrogen (secondary N) is 2. The van der Waals surface area contributed by atoms with Crippen LogP contribution in [0.1, 0.15) is 11.4 Å². The Kier molecular flexibility index (Phi) is 2.49. The Morgan fingerprint density at radius 2 is 2.33 bits per heavy atom. The number of nitrogen functional groups attached to an aromatic ring is 1. The van der Waals surface area contributed by atoms with Crippen molar-refractivity contribution < 1.29 is 0 Å². The van der Waals surface area contributed by atoms with Crippen LogP contribution in [0.5, 0.6) is 0 Å². The van der Waals surface area contributed by atoms with E-state index in [-0.39, 0.29) is 0 Å². The van der Waals surface area contributed by atoms with Gasteiger partial charge in [-0.2, -0.15) is 5.21 Å². The Labute approximate surface area is 86.9 Å². The molecule has 2 aromatic rings. The van der Waals surface area contributed by atoms with E-state index in [4.69, 9.17) is 5.73 Å². The molecule has 0 aliphatic rings. The molecule has 0 bridgehead atoms. The van der Waals surface area contributed by atoms with Crippen molar-refractivity contribution in [1.82, 2.24) is 20.6 Å². The zero-order valence-corrected chi connectivity index (χ0v) is 8.36. The van der Waals surface area contributed by atoms with Crippen LogP contribution < -0.4 is 11.1 Å². The standard InChI is InChI=1S/C9H12N6/c1-6-4-7(10)2-3-8(6)11-5-9-12-14-15-13-9/h2-4,11H,5,10H2,1H3,(H,12,13,14,15). The first-order valence-electron chi connectivity index (χ1n) is 4.58. The van der Waals surface area contributed by atoms with Crippen LogP contribution in [0.25, 0.3) is 0 Å². The molecule has 78 valence electrons. The summed E-state index contributed by atoms with van der Waals surface area (Å²) >= 11 is 0. The zero-order chi connectivity index (χ0) is 10.7. The number of aryl methyl sites for hydroxylation is 1. The first kappa shape index (κ1) is 9.45. The van der Waals surface area contributed by atoms with Gasteiger partial charge in [0.1, 0.15) is 0 Å². The molecule has 0 radical (unpaired) electrons. The van der Waals surface area contributed by atoms with E-state index >= 15 is 0 Å². The second kappa shape index (κ2) is 3.95. The summed E-state index contributed by atoms with van der Waals surface area (Å²) in [5, 5.41) is 16.8. The van der Waals surface area contributed by atoms with Crippen LogP contribution in [0, 0.1) is 6.92 Å².